The van der Waals surface area contributed by atoms with Crippen molar-refractivity contribution in [3.05, 3.63) is 35.9 Å². The minimum atomic E-state index is -0.673. The van der Waals surface area contributed by atoms with Gasteiger partial charge in [-0.2, -0.15) is 0 Å². The third kappa shape index (κ3) is 4.03. The van der Waals surface area contributed by atoms with Crippen molar-refractivity contribution >= 4 is 5.97 Å². The summed E-state index contributed by atoms with van der Waals surface area (Å²) in [6, 6.07) is 8.59. The first kappa shape index (κ1) is 12.7. The smallest absolute Gasteiger partial charge is 0.327 e. The number of carbonyl (C=O) groups excluding carboxylic acids is 1. The van der Waals surface area contributed by atoms with Gasteiger partial charge in [-0.25, -0.2) is 4.79 Å². The van der Waals surface area contributed by atoms with Gasteiger partial charge in [-0.15, -0.1) is 0 Å². The Morgan fingerprint density at radius 3 is 2.50 bits per heavy atom. The van der Waals surface area contributed by atoms with Gasteiger partial charge in [-0.05, 0) is 17.9 Å². The number of ether oxygens (including phenoxy) is 1. The molecule has 0 spiro atoms. The van der Waals surface area contributed by atoms with Crippen molar-refractivity contribution in [2.24, 2.45) is 11.7 Å². The van der Waals surface area contributed by atoms with Gasteiger partial charge in [0, 0.05) is 0 Å². The number of hydrogen-bond acceptors (Lipinski definition) is 3. The summed E-state index contributed by atoms with van der Waals surface area (Å²) in [6.07, 6.45) is 0.868. The highest BCUT2D eigenvalue weighted by Crippen LogP contribution is 2.11. The molecule has 16 heavy (non-hydrogen) atoms. The molecule has 0 bridgehead atoms. The summed E-state index contributed by atoms with van der Waals surface area (Å²) in [7, 11) is 0. The van der Waals surface area contributed by atoms with Crippen LogP contribution in [0.4, 0.5) is 0 Å². The van der Waals surface area contributed by atoms with E-state index in [0.29, 0.717) is 12.5 Å². The second kappa shape index (κ2) is 6.28. The van der Waals surface area contributed by atoms with Crippen LogP contribution < -0.4 is 5.73 Å². The van der Waals surface area contributed by atoms with Crippen LogP contribution in [0.2, 0.25) is 0 Å². The summed E-state index contributed by atoms with van der Waals surface area (Å²) in [4.78, 5) is 11.6. The van der Waals surface area contributed by atoms with Crippen molar-refractivity contribution < 1.29 is 9.53 Å². The molecule has 1 aromatic carbocycles. The van der Waals surface area contributed by atoms with E-state index in [0.717, 1.165) is 12.0 Å². The molecule has 88 valence electrons. The van der Waals surface area contributed by atoms with E-state index < -0.39 is 6.04 Å². The highest BCUT2D eigenvalue weighted by atomic mass is 16.5. The number of esters is 1. The number of carbonyl (C=O) groups is 1. The standard InChI is InChI=1S/C13H19NO2/c1-10(2)8-9-16-13(15)12(14)11-6-4-3-5-7-11/h3-7,10,12H,8-9,14H2,1-2H3/t12-/m1/s1. The van der Waals surface area contributed by atoms with Gasteiger partial charge < -0.3 is 10.5 Å². The first-order valence-corrected chi connectivity index (χ1v) is 5.58. The lowest BCUT2D eigenvalue weighted by Crippen LogP contribution is -2.24. The number of hydrogen-bond donors (Lipinski definition) is 1. The van der Waals surface area contributed by atoms with Gasteiger partial charge in [-0.1, -0.05) is 44.2 Å². The minimum absolute atomic E-state index is 0.355. The van der Waals surface area contributed by atoms with Gasteiger partial charge in [0.15, 0.2) is 0 Å². The largest absolute Gasteiger partial charge is 0.464 e. The molecule has 0 fully saturated rings. The molecular weight excluding hydrogens is 202 g/mol. The second-order valence-corrected chi connectivity index (χ2v) is 4.24. The lowest BCUT2D eigenvalue weighted by atomic mass is 10.1. The van der Waals surface area contributed by atoms with E-state index >= 15 is 0 Å². The molecule has 3 nitrogen and oxygen atoms in total. The Morgan fingerprint density at radius 2 is 1.94 bits per heavy atom. The van der Waals surface area contributed by atoms with Crippen LogP contribution in [-0.2, 0) is 9.53 Å². The van der Waals surface area contributed by atoms with Crippen molar-refractivity contribution in [3.8, 4) is 0 Å². The first-order valence-electron chi connectivity index (χ1n) is 5.58. The number of nitrogens with two attached hydrogens (primary N) is 1. The third-order valence-corrected chi connectivity index (χ3v) is 2.35. The molecule has 0 aromatic heterocycles. The van der Waals surface area contributed by atoms with Gasteiger partial charge in [0.1, 0.15) is 6.04 Å². The van der Waals surface area contributed by atoms with Crippen molar-refractivity contribution in [2.45, 2.75) is 26.3 Å². The third-order valence-electron chi connectivity index (χ3n) is 2.35. The molecule has 0 aliphatic heterocycles. The summed E-state index contributed by atoms with van der Waals surface area (Å²) >= 11 is 0. The van der Waals surface area contributed by atoms with Gasteiger partial charge in [0.25, 0.3) is 0 Å². The van der Waals surface area contributed by atoms with Crippen molar-refractivity contribution in [1.29, 1.82) is 0 Å². The molecule has 1 atom stereocenters. The molecule has 1 rings (SSSR count). The molecule has 0 unspecified atom stereocenters. The summed E-state index contributed by atoms with van der Waals surface area (Å²) < 4.78 is 5.11. The Labute approximate surface area is 96.6 Å². The van der Waals surface area contributed by atoms with Crippen LogP contribution in [0.1, 0.15) is 31.9 Å². The zero-order valence-corrected chi connectivity index (χ0v) is 9.85. The fourth-order valence-corrected chi connectivity index (χ4v) is 1.28. The average Bonchev–Trinajstić information content (AvgIpc) is 2.28. The molecule has 1 aromatic rings. The first-order chi connectivity index (χ1) is 7.61. The molecule has 2 N–H and O–H groups in total. The normalized spacial score (nSPS) is 12.5. The fraction of sp³-hybridized carbons (Fsp3) is 0.462. The monoisotopic (exact) mass is 221 g/mol. The molecule has 0 aliphatic rings. The van der Waals surface area contributed by atoms with Gasteiger partial charge in [0.2, 0.25) is 0 Å². The maximum atomic E-state index is 11.6. The highest BCUT2D eigenvalue weighted by molar-refractivity contribution is 5.77. The van der Waals surface area contributed by atoms with E-state index in [1.54, 1.807) is 0 Å². The Balaban J connectivity index is 2.43. The maximum absolute atomic E-state index is 11.6. The van der Waals surface area contributed by atoms with Crippen LogP contribution in [0.25, 0.3) is 0 Å². The van der Waals surface area contributed by atoms with Crippen molar-refractivity contribution in [1.82, 2.24) is 0 Å². The fourth-order valence-electron chi connectivity index (χ4n) is 1.28. The number of rotatable bonds is 5. The van der Waals surface area contributed by atoms with Crippen LogP contribution in [0.5, 0.6) is 0 Å². The molecule has 0 amide bonds. The molecular formula is C13H19NO2. The van der Waals surface area contributed by atoms with Crippen LogP contribution in [0.3, 0.4) is 0 Å². The molecule has 0 saturated carbocycles. The van der Waals surface area contributed by atoms with E-state index in [2.05, 4.69) is 13.8 Å². The summed E-state index contributed by atoms with van der Waals surface area (Å²) in [5, 5.41) is 0. The van der Waals surface area contributed by atoms with E-state index in [-0.39, 0.29) is 5.97 Å². The zero-order chi connectivity index (χ0) is 12.0. The highest BCUT2D eigenvalue weighted by Gasteiger charge is 2.16. The van der Waals surface area contributed by atoms with Crippen LogP contribution in [0.15, 0.2) is 30.3 Å². The van der Waals surface area contributed by atoms with Crippen LogP contribution >= 0.6 is 0 Å². The van der Waals surface area contributed by atoms with Crippen molar-refractivity contribution in [3.63, 3.8) is 0 Å². The van der Waals surface area contributed by atoms with Gasteiger partial charge in [-0.3, -0.25) is 0 Å². The number of benzene rings is 1. The second-order valence-electron chi connectivity index (χ2n) is 4.24. The Bertz CT molecular complexity index is 322. The molecule has 3 heteroatoms. The maximum Gasteiger partial charge on any atom is 0.327 e. The lowest BCUT2D eigenvalue weighted by Gasteiger charge is -2.12. The predicted octanol–water partition coefficient (Wildman–Crippen LogP) is 2.28. The van der Waals surface area contributed by atoms with Gasteiger partial charge >= 0.3 is 5.97 Å². The summed E-state index contributed by atoms with van der Waals surface area (Å²) in [6.45, 7) is 4.62. The molecule has 0 saturated heterocycles. The molecule has 0 heterocycles. The summed E-state index contributed by atoms with van der Waals surface area (Å²) in [5.41, 5.74) is 6.57. The quantitative estimate of drug-likeness (QED) is 0.776. The Morgan fingerprint density at radius 1 is 1.31 bits per heavy atom. The Kier molecular flexibility index (Phi) is 4.99. The topological polar surface area (TPSA) is 52.3 Å². The van der Waals surface area contributed by atoms with Crippen molar-refractivity contribution in [2.75, 3.05) is 6.61 Å². The average molecular weight is 221 g/mol. The lowest BCUT2D eigenvalue weighted by molar-refractivity contribution is -0.145. The van der Waals surface area contributed by atoms with E-state index in [1.165, 1.54) is 0 Å². The SMILES string of the molecule is CC(C)CCOC(=O)[C@H](N)c1ccccc1. The minimum Gasteiger partial charge on any atom is -0.464 e. The zero-order valence-electron chi connectivity index (χ0n) is 9.85. The molecule has 0 aliphatic carbocycles. The van der Waals surface area contributed by atoms with E-state index in [1.807, 2.05) is 30.3 Å². The van der Waals surface area contributed by atoms with E-state index in [9.17, 15) is 4.79 Å². The summed E-state index contributed by atoms with van der Waals surface area (Å²) in [5.74, 6) is 0.174. The van der Waals surface area contributed by atoms with Crippen LogP contribution in [-0.4, -0.2) is 12.6 Å². The van der Waals surface area contributed by atoms with Crippen LogP contribution in [0, 0.1) is 5.92 Å². The predicted molar refractivity (Wildman–Crippen MR) is 63.8 cm³/mol. The Hall–Kier alpha value is -1.35. The van der Waals surface area contributed by atoms with E-state index in [4.69, 9.17) is 10.5 Å². The molecule has 0 radical (unpaired) electrons. The van der Waals surface area contributed by atoms with Gasteiger partial charge in [0.05, 0.1) is 6.61 Å².